The summed E-state index contributed by atoms with van der Waals surface area (Å²) < 4.78 is 7.47. The molecule has 0 N–H and O–H groups in total. The second-order valence-electron chi connectivity index (χ2n) is 17.6. The van der Waals surface area contributed by atoms with Crippen LogP contribution in [0.1, 0.15) is 51.7 Å². The van der Waals surface area contributed by atoms with Gasteiger partial charge in [0, 0.05) is 49.4 Å². The molecule has 274 valence electrons. The van der Waals surface area contributed by atoms with E-state index in [9.17, 15) is 0 Å². The monoisotopic (exact) mass is 733 g/mol. The third-order valence-corrected chi connectivity index (χ3v) is 13.5. The van der Waals surface area contributed by atoms with Crippen molar-refractivity contribution in [3.63, 3.8) is 0 Å². The minimum Gasteiger partial charge on any atom is -0.309 e. The zero-order chi connectivity index (χ0) is 38.2. The molecule has 0 atom stereocenters. The lowest BCUT2D eigenvalue weighted by molar-refractivity contribution is 0.332. The average Bonchev–Trinajstić information content (AvgIpc) is 3.87. The van der Waals surface area contributed by atoms with Gasteiger partial charge in [-0.15, -0.1) is 0 Å². The van der Waals surface area contributed by atoms with E-state index in [1.54, 1.807) is 0 Å². The van der Waals surface area contributed by atoms with Gasteiger partial charge in [-0.25, -0.2) is 0 Å². The van der Waals surface area contributed by atoms with E-state index >= 15 is 0 Å². The Morgan fingerprint density at radius 3 is 1.54 bits per heavy atom. The number of fused-ring (bicyclic) bond motifs is 12. The lowest BCUT2D eigenvalue weighted by Gasteiger charge is -2.42. The Balaban J connectivity index is 1.24. The van der Waals surface area contributed by atoms with E-state index in [2.05, 4.69) is 205 Å². The van der Waals surface area contributed by atoms with E-state index < -0.39 is 0 Å². The lowest BCUT2D eigenvalue weighted by atomic mass is 9.63. The fourth-order valence-electron chi connectivity index (χ4n) is 10.5. The summed E-state index contributed by atoms with van der Waals surface area (Å²) in [6, 6.07) is 61.3. The van der Waals surface area contributed by atoms with Crippen molar-refractivity contribution in [1.82, 2.24) is 13.7 Å². The molecule has 3 aromatic heterocycles. The fourth-order valence-corrected chi connectivity index (χ4v) is 10.5. The molecule has 0 radical (unpaired) electrons. The molecule has 8 aromatic carbocycles. The van der Waals surface area contributed by atoms with Crippen LogP contribution in [-0.2, 0) is 10.8 Å². The van der Waals surface area contributed by atoms with Crippen molar-refractivity contribution in [3.05, 3.63) is 175 Å². The Labute approximate surface area is 332 Å². The number of hydrogen-bond donors (Lipinski definition) is 0. The van der Waals surface area contributed by atoms with Crippen molar-refractivity contribution in [2.75, 3.05) is 0 Å². The molecule has 1 aliphatic carbocycles. The highest BCUT2D eigenvalue weighted by Gasteiger charge is 2.38. The molecule has 11 aromatic rings. The van der Waals surface area contributed by atoms with Gasteiger partial charge < -0.3 is 13.7 Å². The maximum atomic E-state index is 2.57. The first-order valence-electron chi connectivity index (χ1n) is 20.4. The molecule has 12 rings (SSSR count). The van der Waals surface area contributed by atoms with Gasteiger partial charge in [-0.05, 0) is 118 Å². The van der Waals surface area contributed by atoms with E-state index in [1.807, 2.05) is 0 Å². The van der Waals surface area contributed by atoms with Gasteiger partial charge in [-0.2, -0.15) is 0 Å². The molecule has 0 bridgehead atoms. The molecule has 0 aliphatic heterocycles. The molecule has 0 amide bonds. The zero-order valence-corrected chi connectivity index (χ0v) is 32.8. The van der Waals surface area contributed by atoms with Crippen LogP contribution in [-0.4, -0.2) is 13.7 Å². The quantitative estimate of drug-likeness (QED) is 0.172. The molecule has 0 spiro atoms. The molecule has 57 heavy (non-hydrogen) atoms. The first-order chi connectivity index (χ1) is 27.8. The second kappa shape index (κ2) is 11.5. The van der Waals surface area contributed by atoms with Gasteiger partial charge in [0.1, 0.15) is 0 Å². The summed E-state index contributed by atoms with van der Waals surface area (Å²) in [7, 11) is 0. The van der Waals surface area contributed by atoms with Gasteiger partial charge in [0.05, 0.1) is 33.1 Å². The van der Waals surface area contributed by atoms with Crippen molar-refractivity contribution in [2.45, 2.75) is 51.4 Å². The Kier molecular flexibility index (Phi) is 6.58. The van der Waals surface area contributed by atoms with Gasteiger partial charge in [0.15, 0.2) is 0 Å². The summed E-state index contributed by atoms with van der Waals surface area (Å²) in [6.45, 7) is 9.77. The van der Waals surface area contributed by atoms with Crippen molar-refractivity contribution >= 4 is 76.2 Å². The smallest absolute Gasteiger partial charge is 0.0562 e. The van der Waals surface area contributed by atoms with Crippen LogP contribution in [0.3, 0.4) is 0 Å². The Morgan fingerprint density at radius 2 is 0.842 bits per heavy atom. The van der Waals surface area contributed by atoms with Gasteiger partial charge in [-0.3, -0.25) is 0 Å². The molecular weight excluding hydrogens is 691 g/mol. The van der Waals surface area contributed by atoms with Crippen molar-refractivity contribution in [3.8, 4) is 17.1 Å². The number of aromatic nitrogens is 3. The predicted octanol–water partition coefficient (Wildman–Crippen LogP) is 14.5. The third kappa shape index (κ3) is 4.54. The summed E-state index contributed by atoms with van der Waals surface area (Å²) in [5.41, 5.74) is 14.0. The highest BCUT2D eigenvalue weighted by molar-refractivity contribution is 6.25. The summed E-state index contributed by atoms with van der Waals surface area (Å²) in [4.78, 5) is 0. The largest absolute Gasteiger partial charge is 0.309 e. The van der Waals surface area contributed by atoms with Gasteiger partial charge in [0.2, 0.25) is 0 Å². The summed E-state index contributed by atoms with van der Waals surface area (Å²) >= 11 is 0. The molecular formula is C54H43N3. The Morgan fingerprint density at radius 1 is 0.333 bits per heavy atom. The molecule has 3 heterocycles. The van der Waals surface area contributed by atoms with E-state index in [4.69, 9.17) is 0 Å². The van der Waals surface area contributed by atoms with Crippen LogP contribution in [0.4, 0.5) is 0 Å². The fraction of sp³-hybridized carbons (Fsp3) is 0.148. The highest BCUT2D eigenvalue weighted by atomic mass is 15.0. The maximum Gasteiger partial charge on any atom is 0.0562 e. The maximum absolute atomic E-state index is 2.57. The van der Waals surface area contributed by atoms with E-state index in [-0.39, 0.29) is 10.8 Å². The van der Waals surface area contributed by atoms with Gasteiger partial charge in [-0.1, -0.05) is 119 Å². The van der Waals surface area contributed by atoms with Crippen LogP contribution in [0.15, 0.2) is 164 Å². The summed E-state index contributed by atoms with van der Waals surface area (Å²) in [5.74, 6) is 0. The third-order valence-electron chi connectivity index (χ3n) is 13.5. The van der Waals surface area contributed by atoms with Crippen LogP contribution in [0.5, 0.6) is 0 Å². The number of para-hydroxylation sites is 3. The normalized spacial score (nSPS) is 15.2. The van der Waals surface area contributed by atoms with Crippen LogP contribution in [0.2, 0.25) is 0 Å². The summed E-state index contributed by atoms with van der Waals surface area (Å²) in [6.07, 6.45) is 2.35. The molecule has 3 nitrogen and oxygen atoms in total. The minimum atomic E-state index is 0.0782. The van der Waals surface area contributed by atoms with Crippen LogP contribution in [0, 0.1) is 0 Å². The first-order valence-corrected chi connectivity index (χ1v) is 20.4. The standard InChI is InChI=1S/C54H43N3/c1-53(2)27-28-54(3,4)45-32-49-42(31-44(45)53)41-30-43-51(55(35-16-6-5-7-17-35)48-26-25-34-15-8-9-20-38(34)52(43)48)33-50(41)57(49)37-19-14-18-36(29-37)56-46-23-12-10-21-39(46)40-22-11-13-24-47(40)56/h5-26,29-33H,27-28H2,1-4H3. The number of nitrogens with zero attached hydrogens (tertiary/aromatic N) is 3. The minimum absolute atomic E-state index is 0.0782. The lowest BCUT2D eigenvalue weighted by Crippen LogP contribution is -2.33. The first kappa shape index (κ1) is 32.6. The highest BCUT2D eigenvalue weighted by Crippen LogP contribution is 2.50. The predicted molar refractivity (Wildman–Crippen MR) is 242 cm³/mol. The zero-order valence-electron chi connectivity index (χ0n) is 32.8. The second-order valence-corrected chi connectivity index (χ2v) is 17.6. The topological polar surface area (TPSA) is 14.8 Å². The molecule has 0 saturated heterocycles. The van der Waals surface area contributed by atoms with E-state index in [0.29, 0.717) is 0 Å². The average molecular weight is 734 g/mol. The van der Waals surface area contributed by atoms with Crippen LogP contribution >= 0.6 is 0 Å². The number of hydrogen-bond acceptors (Lipinski definition) is 0. The van der Waals surface area contributed by atoms with Crippen molar-refractivity contribution in [2.24, 2.45) is 0 Å². The molecule has 0 fully saturated rings. The molecule has 0 unspecified atom stereocenters. The summed E-state index contributed by atoms with van der Waals surface area (Å²) in [5, 5.41) is 10.3. The van der Waals surface area contributed by atoms with Crippen LogP contribution < -0.4 is 0 Å². The van der Waals surface area contributed by atoms with Gasteiger partial charge >= 0.3 is 0 Å². The SMILES string of the molecule is CC1(C)CCC(C)(C)c2cc3c(cc21)c1cc2c4c5ccccc5ccc4n(-c4ccccc4)c2cc1n3-c1cccc(-n2c3ccccc3c3ccccc32)c1. The molecule has 0 saturated carbocycles. The molecule has 1 aliphatic rings. The van der Waals surface area contributed by atoms with E-state index in [0.717, 1.165) is 11.4 Å². The van der Waals surface area contributed by atoms with Gasteiger partial charge in [0.25, 0.3) is 0 Å². The van der Waals surface area contributed by atoms with E-state index in [1.165, 1.54) is 106 Å². The molecule has 3 heteroatoms. The number of benzene rings is 8. The van der Waals surface area contributed by atoms with Crippen molar-refractivity contribution in [1.29, 1.82) is 0 Å². The Hall–Kier alpha value is -6.58. The number of rotatable bonds is 3. The van der Waals surface area contributed by atoms with Crippen LogP contribution in [0.25, 0.3) is 93.3 Å². The Bertz CT molecular complexity index is 3410. The van der Waals surface area contributed by atoms with Crippen molar-refractivity contribution < 1.29 is 0 Å².